The molecule has 0 unspecified atom stereocenters. The number of carbonyl (C=O) groups excluding carboxylic acids is 1. The van der Waals surface area contributed by atoms with Crippen molar-refractivity contribution in [3.8, 4) is 0 Å². The van der Waals surface area contributed by atoms with E-state index in [1.165, 1.54) is 6.92 Å². The van der Waals surface area contributed by atoms with E-state index in [0.717, 1.165) is 6.42 Å². The Kier molecular flexibility index (Phi) is 3.24. The number of rotatable bonds is 1. The molecule has 0 heterocycles. The molecular formula is C17H28O4. The lowest BCUT2D eigenvalue weighted by atomic mass is 9.35. The van der Waals surface area contributed by atoms with Crippen molar-refractivity contribution >= 4 is 5.97 Å². The van der Waals surface area contributed by atoms with Gasteiger partial charge in [-0.15, -0.1) is 0 Å². The molecular weight excluding hydrogens is 268 g/mol. The topological polar surface area (TPSA) is 66.8 Å². The van der Waals surface area contributed by atoms with Gasteiger partial charge in [0.05, 0.1) is 12.2 Å². The second-order valence-electron chi connectivity index (χ2n) is 8.39. The Bertz CT molecular complexity index is 442. The second-order valence-corrected chi connectivity index (χ2v) is 8.39. The third-order valence-electron chi connectivity index (χ3n) is 7.00. The molecule has 4 bridgehead atoms. The van der Waals surface area contributed by atoms with E-state index < -0.39 is 6.10 Å². The van der Waals surface area contributed by atoms with Gasteiger partial charge in [-0.1, -0.05) is 27.7 Å². The molecule has 0 radical (unpaired) electrons. The summed E-state index contributed by atoms with van der Waals surface area (Å²) >= 11 is 0. The molecule has 0 aromatic rings. The molecule has 0 amide bonds. The Morgan fingerprint density at radius 3 is 2.24 bits per heavy atom. The molecule has 4 heteroatoms. The summed E-state index contributed by atoms with van der Waals surface area (Å²) < 4.78 is 5.55. The van der Waals surface area contributed by atoms with Crippen molar-refractivity contribution in [1.82, 2.24) is 0 Å². The molecule has 4 nitrogen and oxygen atoms in total. The number of fused-ring (bicyclic) bond motifs is 3. The van der Waals surface area contributed by atoms with Crippen LogP contribution in [0, 0.1) is 34.5 Å². The van der Waals surface area contributed by atoms with Crippen LogP contribution in [-0.4, -0.2) is 34.5 Å². The molecule has 4 aliphatic rings. The van der Waals surface area contributed by atoms with Crippen LogP contribution in [0.3, 0.4) is 0 Å². The molecule has 120 valence electrons. The monoisotopic (exact) mass is 296 g/mol. The molecule has 4 saturated carbocycles. The van der Waals surface area contributed by atoms with Crippen LogP contribution < -0.4 is 0 Å². The van der Waals surface area contributed by atoms with Gasteiger partial charge in [-0.2, -0.15) is 0 Å². The van der Waals surface area contributed by atoms with Crippen molar-refractivity contribution in [2.75, 3.05) is 0 Å². The fourth-order valence-electron chi connectivity index (χ4n) is 6.14. The fraction of sp³-hybridized carbons (Fsp3) is 0.941. The van der Waals surface area contributed by atoms with Crippen molar-refractivity contribution in [2.45, 2.75) is 65.8 Å². The summed E-state index contributed by atoms with van der Waals surface area (Å²) in [5.41, 5.74) is -0.457. The first-order valence-corrected chi connectivity index (χ1v) is 8.15. The Hall–Kier alpha value is -0.610. The summed E-state index contributed by atoms with van der Waals surface area (Å²) in [5, 5.41) is 21.4. The van der Waals surface area contributed by atoms with Crippen LogP contribution >= 0.6 is 0 Å². The second kappa shape index (κ2) is 4.45. The lowest BCUT2D eigenvalue weighted by molar-refractivity contribution is -0.280. The zero-order chi connectivity index (χ0) is 15.7. The summed E-state index contributed by atoms with van der Waals surface area (Å²) in [6, 6.07) is 0. The molecule has 0 aliphatic heterocycles. The number of aliphatic hydroxyl groups is 2. The predicted octanol–water partition coefficient (Wildman–Crippen LogP) is 1.98. The van der Waals surface area contributed by atoms with Gasteiger partial charge in [0.1, 0.15) is 6.10 Å². The first-order valence-electron chi connectivity index (χ1n) is 8.15. The Morgan fingerprint density at radius 1 is 1.10 bits per heavy atom. The predicted molar refractivity (Wildman–Crippen MR) is 78.3 cm³/mol. The fourth-order valence-corrected chi connectivity index (χ4v) is 6.14. The zero-order valence-electron chi connectivity index (χ0n) is 13.7. The lowest BCUT2D eigenvalue weighted by Gasteiger charge is -2.70. The standard InChI is InChI=1S/C17H28O4/c1-8-6-10(19)14-15-13(8)17(14,5)11(20)7-12(16(15,3)4)21-9(2)18/h8,10-15,19-20H,6-7H2,1-5H3/t8-,10+,11+,12+,13-,14+,15-,17+/m0/s1. The van der Waals surface area contributed by atoms with Crippen molar-refractivity contribution in [2.24, 2.45) is 34.5 Å². The summed E-state index contributed by atoms with van der Waals surface area (Å²) in [6.07, 6.45) is 0.146. The quantitative estimate of drug-likeness (QED) is 0.726. The maximum Gasteiger partial charge on any atom is 0.302 e. The van der Waals surface area contributed by atoms with Gasteiger partial charge in [-0.05, 0) is 30.1 Å². The molecule has 4 fully saturated rings. The highest BCUT2D eigenvalue weighted by Crippen LogP contribution is 2.73. The first-order chi connectivity index (χ1) is 9.61. The largest absolute Gasteiger partial charge is 0.462 e. The number of aliphatic hydroxyl groups excluding tert-OH is 2. The number of ether oxygens (including phenoxy) is 1. The molecule has 0 aromatic heterocycles. The highest BCUT2D eigenvalue weighted by Gasteiger charge is 2.74. The lowest BCUT2D eigenvalue weighted by Crippen LogP contribution is -2.71. The molecule has 0 aromatic carbocycles. The van der Waals surface area contributed by atoms with Crippen molar-refractivity contribution in [1.29, 1.82) is 0 Å². The van der Waals surface area contributed by atoms with Crippen LogP contribution in [0.25, 0.3) is 0 Å². The van der Waals surface area contributed by atoms with E-state index in [2.05, 4.69) is 27.7 Å². The van der Waals surface area contributed by atoms with Crippen LogP contribution in [0.2, 0.25) is 0 Å². The summed E-state index contributed by atoms with van der Waals surface area (Å²) in [6.45, 7) is 10.00. The third kappa shape index (κ3) is 1.78. The van der Waals surface area contributed by atoms with Gasteiger partial charge in [-0.25, -0.2) is 0 Å². The maximum atomic E-state index is 11.4. The Morgan fingerprint density at radius 2 is 1.71 bits per heavy atom. The van der Waals surface area contributed by atoms with Gasteiger partial charge in [-0.3, -0.25) is 4.79 Å². The zero-order valence-corrected chi connectivity index (χ0v) is 13.7. The molecule has 8 atom stereocenters. The van der Waals surface area contributed by atoms with Crippen LogP contribution in [0.4, 0.5) is 0 Å². The van der Waals surface area contributed by atoms with Crippen LogP contribution in [-0.2, 0) is 9.53 Å². The molecule has 4 rings (SSSR count). The van der Waals surface area contributed by atoms with E-state index >= 15 is 0 Å². The van der Waals surface area contributed by atoms with Crippen molar-refractivity contribution < 1.29 is 19.7 Å². The highest BCUT2D eigenvalue weighted by atomic mass is 16.5. The summed E-state index contributed by atoms with van der Waals surface area (Å²) in [4.78, 5) is 11.4. The number of hydrogen-bond donors (Lipinski definition) is 2. The molecule has 0 spiro atoms. The molecule has 21 heavy (non-hydrogen) atoms. The van der Waals surface area contributed by atoms with Crippen LogP contribution in [0.5, 0.6) is 0 Å². The highest BCUT2D eigenvalue weighted by molar-refractivity contribution is 5.66. The normalized spacial score (nSPS) is 54.3. The molecule has 0 saturated heterocycles. The number of carbonyl (C=O) groups is 1. The summed E-state index contributed by atoms with van der Waals surface area (Å²) in [7, 11) is 0. The van der Waals surface area contributed by atoms with Gasteiger partial charge in [0, 0.05) is 24.2 Å². The van der Waals surface area contributed by atoms with E-state index in [4.69, 9.17) is 4.74 Å². The number of hydrogen-bond acceptors (Lipinski definition) is 4. The van der Waals surface area contributed by atoms with E-state index in [1.807, 2.05) is 0 Å². The summed E-state index contributed by atoms with van der Waals surface area (Å²) in [5.74, 6) is 0.928. The van der Waals surface area contributed by atoms with Gasteiger partial charge in [0.25, 0.3) is 0 Å². The van der Waals surface area contributed by atoms with Crippen molar-refractivity contribution in [3.05, 3.63) is 0 Å². The average Bonchev–Trinajstić information content (AvgIpc) is 2.41. The average molecular weight is 296 g/mol. The minimum absolute atomic E-state index is 0.115. The minimum atomic E-state index is -0.521. The Balaban J connectivity index is 2.03. The minimum Gasteiger partial charge on any atom is -0.462 e. The van der Waals surface area contributed by atoms with Crippen LogP contribution in [0.1, 0.15) is 47.5 Å². The maximum absolute atomic E-state index is 11.4. The van der Waals surface area contributed by atoms with Crippen molar-refractivity contribution in [3.63, 3.8) is 0 Å². The van der Waals surface area contributed by atoms with E-state index in [1.54, 1.807) is 0 Å². The van der Waals surface area contributed by atoms with E-state index in [9.17, 15) is 15.0 Å². The van der Waals surface area contributed by atoms with Gasteiger partial charge in [0.2, 0.25) is 0 Å². The molecule has 4 aliphatic carbocycles. The first kappa shape index (κ1) is 15.3. The molecule has 2 N–H and O–H groups in total. The van der Waals surface area contributed by atoms with E-state index in [-0.39, 0.29) is 34.9 Å². The third-order valence-corrected chi connectivity index (χ3v) is 7.00. The van der Waals surface area contributed by atoms with Gasteiger partial charge >= 0.3 is 5.97 Å². The van der Waals surface area contributed by atoms with Gasteiger partial charge < -0.3 is 14.9 Å². The Labute approximate surface area is 126 Å². The number of esters is 1. The SMILES string of the molecule is CC(=O)O[C@@H]1C[C@@H](O)[C@]2(C)[C@@H]3[C@@H]([C@H]2[C@H](O)C[C@@H]3C)C1(C)C. The smallest absolute Gasteiger partial charge is 0.302 e. The van der Waals surface area contributed by atoms with Crippen LogP contribution in [0.15, 0.2) is 0 Å². The van der Waals surface area contributed by atoms with Gasteiger partial charge in [0.15, 0.2) is 0 Å². The van der Waals surface area contributed by atoms with E-state index in [0.29, 0.717) is 24.2 Å².